The molecular formula is C24H22FN3O4. The van der Waals surface area contributed by atoms with Crippen molar-refractivity contribution in [2.75, 3.05) is 5.32 Å². The van der Waals surface area contributed by atoms with Crippen LogP contribution in [0.5, 0.6) is 0 Å². The molecule has 7 nitrogen and oxygen atoms in total. The van der Waals surface area contributed by atoms with Gasteiger partial charge in [0, 0.05) is 12.1 Å². The molecule has 0 aromatic heterocycles. The van der Waals surface area contributed by atoms with E-state index in [4.69, 9.17) is 10.5 Å². The standard InChI is InChI=1S/C24H22FN3O4/c25-20-12-11-18(14-19(20)22(26)29)27-23(30)21(13-16-7-3-1-4-8-16)28-24(31)32-15-17-9-5-2-6-10-17/h1-12,14,21H,13,15H2,(H2,26,29)(H,27,30)(H,28,31)/t21-/m0/s1. The van der Waals surface area contributed by atoms with Crippen molar-refractivity contribution in [2.45, 2.75) is 19.1 Å². The molecular weight excluding hydrogens is 413 g/mol. The van der Waals surface area contributed by atoms with Gasteiger partial charge in [-0.05, 0) is 29.3 Å². The molecule has 0 radical (unpaired) electrons. The molecule has 0 aliphatic heterocycles. The Morgan fingerprint density at radius 2 is 1.53 bits per heavy atom. The molecule has 0 aliphatic rings. The fourth-order valence-electron chi connectivity index (χ4n) is 2.99. The number of hydrogen-bond donors (Lipinski definition) is 3. The quantitative estimate of drug-likeness (QED) is 0.504. The molecule has 3 amide bonds. The summed E-state index contributed by atoms with van der Waals surface area (Å²) in [4.78, 5) is 36.6. The number of hydrogen-bond acceptors (Lipinski definition) is 4. The topological polar surface area (TPSA) is 111 Å². The van der Waals surface area contributed by atoms with Crippen molar-refractivity contribution in [3.63, 3.8) is 0 Å². The van der Waals surface area contributed by atoms with Gasteiger partial charge in [-0.1, -0.05) is 60.7 Å². The Morgan fingerprint density at radius 3 is 2.16 bits per heavy atom. The summed E-state index contributed by atoms with van der Waals surface area (Å²) in [6, 6.07) is 20.7. The van der Waals surface area contributed by atoms with Crippen LogP contribution in [0.3, 0.4) is 0 Å². The third kappa shape index (κ3) is 6.40. The third-order valence-electron chi connectivity index (χ3n) is 4.60. The lowest BCUT2D eigenvalue weighted by Gasteiger charge is -2.19. The first-order valence-corrected chi connectivity index (χ1v) is 9.83. The van der Waals surface area contributed by atoms with E-state index in [9.17, 15) is 18.8 Å². The van der Waals surface area contributed by atoms with Crippen LogP contribution in [0.1, 0.15) is 21.5 Å². The lowest BCUT2D eigenvalue weighted by atomic mass is 10.1. The van der Waals surface area contributed by atoms with Crippen LogP contribution in [0.25, 0.3) is 0 Å². The van der Waals surface area contributed by atoms with Gasteiger partial charge in [-0.25, -0.2) is 9.18 Å². The van der Waals surface area contributed by atoms with Gasteiger partial charge < -0.3 is 21.1 Å². The van der Waals surface area contributed by atoms with Gasteiger partial charge >= 0.3 is 6.09 Å². The molecule has 0 saturated carbocycles. The maximum atomic E-state index is 13.7. The number of nitrogens with two attached hydrogens (primary N) is 1. The van der Waals surface area contributed by atoms with Crippen molar-refractivity contribution in [2.24, 2.45) is 5.73 Å². The highest BCUT2D eigenvalue weighted by Gasteiger charge is 2.23. The summed E-state index contributed by atoms with van der Waals surface area (Å²) >= 11 is 0. The number of rotatable bonds is 8. The monoisotopic (exact) mass is 435 g/mol. The molecule has 0 bridgehead atoms. The zero-order valence-electron chi connectivity index (χ0n) is 17.1. The number of carbonyl (C=O) groups excluding carboxylic acids is 3. The van der Waals surface area contributed by atoms with Crippen molar-refractivity contribution >= 4 is 23.6 Å². The summed E-state index contributed by atoms with van der Waals surface area (Å²) in [6.45, 7) is 0.0479. The molecule has 0 unspecified atom stereocenters. The van der Waals surface area contributed by atoms with Crippen LogP contribution < -0.4 is 16.4 Å². The first-order chi connectivity index (χ1) is 15.4. The Balaban J connectivity index is 1.71. The SMILES string of the molecule is NC(=O)c1cc(NC(=O)[C@H](Cc2ccccc2)NC(=O)OCc2ccccc2)ccc1F. The number of primary amides is 1. The second-order valence-corrected chi connectivity index (χ2v) is 7.00. The normalized spacial score (nSPS) is 11.3. The minimum Gasteiger partial charge on any atom is -0.445 e. The number of anilines is 1. The van der Waals surface area contributed by atoms with Crippen LogP contribution in [0.2, 0.25) is 0 Å². The largest absolute Gasteiger partial charge is 0.445 e. The van der Waals surface area contributed by atoms with Crippen molar-refractivity contribution in [1.29, 1.82) is 0 Å². The summed E-state index contributed by atoms with van der Waals surface area (Å²) in [5.74, 6) is -2.31. The number of amides is 3. The highest BCUT2D eigenvalue weighted by Crippen LogP contribution is 2.15. The van der Waals surface area contributed by atoms with Gasteiger partial charge in [0.25, 0.3) is 5.91 Å². The van der Waals surface area contributed by atoms with E-state index < -0.39 is 29.8 Å². The van der Waals surface area contributed by atoms with E-state index in [1.807, 2.05) is 60.7 Å². The maximum absolute atomic E-state index is 13.7. The number of ether oxygens (including phenoxy) is 1. The molecule has 0 heterocycles. The average molecular weight is 435 g/mol. The fraction of sp³-hybridized carbons (Fsp3) is 0.125. The van der Waals surface area contributed by atoms with Crippen molar-refractivity contribution in [1.82, 2.24) is 5.32 Å². The van der Waals surface area contributed by atoms with Gasteiger partial charge in [0.1, 0.15) is 18.5 Å². The van der Waals surface area contributed by atoms with Crippen molar-refractivity contribution < 1.29 is 23.5 Å². The fourth-order valence-corrected chi connectivity index (χ4v) is 2.99. The molecule has 0 spiro atoms. The molecule has 4 N–H and O–H groups in total. The number of nitrogens with one attached hydrogen (secondary N) is 2. The molecule has 1 atom stereocenters. The molecule has 0 aliphatic carbocycles. The Morgan fingerprint density at radius 1 is 0.906 bits per heavy atom. The Labute approximate surface area is 184 Å². The Bertz CT molecular complexity index is 1090. The van der Waals surface area contributed by atoms with E-state index in [0.29, 0.717) is 0 Å². The number of alkyl carbamates (subject to hydrolysis) is 1. The molecule has 3 aromatic carbocycles. The van der Waals surface area contributed by atoms with E-state index in [1.54, 1.807) is 0 Å². The third-order valence-corrected chi connectivity index (χ3v) is 4.60. The summed E-state index contributed by atoms with van der Waals surface area (Å²) in [5.41, 5.74) is 6.59. The summed E-state index contributed by atoms with van der Waals surface area (Å²) in [6.07, 6.45) is -0.571. The van der Waals surface area contributed by atoms with Crippen LogP contribution in [0, 0.1) is 5.82 Å². The molecule has 3 rings (SSSR count). The van der Waals surface area contributed by atoms with Gasteiger partial charge in [0.05, 0.1) is 5.56 Å². The van der Waals surface area contributed by atoms with E-state index in [2.05, 4.69) is 10.6 Å². The van der Waals surface area contributed by atoms with Crippen LogP contribution in [0.15, 0.2) is 78.9 Å². The van der Waals surface area contributed by atoms with E-state index in [0.717, 1.165) is 23.3 Å². The summed E-state index contributed by atoms with van der Waals surface area (Å²) < 4.78 is 18.9. The van der Waals surface area contributed by atoms with Crippen LogP contribution in [-0.4, -0.2) is 23.9 Å². The van der Waals surface area contributed by atoms with Crippen LogP contribution in [0.4, 0.5) is 14.9 Å². The Hall–Kier alpha value is -4.20. The summed E-state index contributed by atoms with van der Waals surface area (Å²) in [5, 5.41) is 5.15. The molecule has 164 valence electrons. The predicted octanol–water partition coefficient (Wildman–Crippen LogP) is 3.40. The smallest absolute Gasteiger partial charge is 0.408 e. The zero-order valence-corrected chi connectivity index (χ0v) is 17.1. The number of benzene rings is 3. The number of halogens is 1. The van der Waals surface area contributed by atoms with Gasteiger partial charge in [0.2, 0.25) is 5.91 Å². The first kappa shape index (κ1) is 22.5. The van der Waals surface area contributed by atoms with Gasteiger partial charge in [-0.2, -0.15) is 0 Å². The lowest BCUT2D eigenvalue weighted by Crippen LogP contribution is -2.45. The highest BCUT2D eigenvalue weighted by molar-refractivity contribution is 5.99. The summed E-state index contributed by atoms with van der Waals surface area (Å²) in [7, 11) is 0. The van der Waals surface area contributed by atoms with Gasteiger partial charge in [-0.15, -0.1) is 0 Å². The van der Waals surface area contributed by atoms with E-state index in [-0.39, 0.29) is 24.3 Å². The van der Waals surface area contributed by atoms with Crippen molar-refractivity contribution in [3.8, 4) is 0 Å². The lowest BCUT2D eigenvalue weighted by molar-refractivity contribution is -0.118. The minimum atomic E-state index is -0.984. The zero-order chi connectivity index (χ0) is 22.9. The highest BCUT2D eigenvalue weighted by atomic mass is 19.1. The molecule has 0 saturated heterocycles. The molecule has 32 heavy (non-hydrogen) atoms. The minimum absolute atomic E-state index is 0.0479. The molecule has 0 fully saturated rings. The van der Waals surface area contributed by atoms with E-state index >= 15 is 0 Å². The second-order valence-electron chi connectivity index (χ2n) is 7.00. The maximum Gasteiger partial charge on any atom is 0.408 e. The average Bonchev–Trinajstić information content (AvgIpc) is 2.79. The first-order valence-electron chi connectivity index (χ1n) is 9.83. The van der Waals surface area contributed by atoms with Crippen molar-refractivity contribution in [3.05, 3.63) is 101 Å². The Kier molecular flexibility index (Phi) is 7.53. The molecule has 8 heteroatoms. The van der Waals surface area contributed by atoms with Crippen LogP contribution in [-0.2, 0) is 22.6 Å². The number of carbonyl (C=O) groups is 3. The van der Waals surface area contributed by atoms with E-state index in [1.165, 1.54) is 6.07 Å². The molecule has 3 aromatic rings. The van der Waals surface area contributed by atoms with Gasteiger partial charge in [-0.3, -0.25) is 9.59 Å². The van der Waals surface area contributed by atoms with Crippen LogP contribution >= 0.6 is 0 Å². The second kappa shape index (κ2) is 10.7. The van der Waals surface area contributed by atoms with Gasteiger partial charge in [0.15, 0.2) is 0 Å². The predicted molar refractivity (Wildman–Crippen MR) is 117 cm³/mol.